The Hall–Kier alpha value is -7.84. The van der Waals surface area contributed by atoms with Gasteiger partial charge < -0.3 is 13.6 Å². The minimum Gasteiger partial charge on any atom is -0.501 e. The molecule has 0 saturated heterocycles. The smallest absolute Gasteiger partial charge is 0.163 e. The molecule has 4 aromatic heterocycles. The summed E-state index contributed by atoms with van der Waals surface area (Å²) in [7, 11) is 0. The molecule has 9 heteroatoms. The number of imidazole rings is 2. The number of nitrogens with zero attached hydrogens (tertiary/aromatic N) is 7. The third kappa shape index (κ3) is 10.9. The van der Waals surface area contributed by atoms with Crippen molar-refractivity contribution < 1.29 is 24.5 Å². The quantitative estimate of drug-likeness (QED) is 0.127. The zero-order valence-corrected chi connectivity index (χ0v) is 52.2. The van der Waals surface area contributed by atoms with Crippen molar-refractivity contribution in [2.45, 2.75) is 131 Å². The van der Waals surface area contributed by atoms with E-state index in [2.05, 4.69) is 246 Å². The molecular weight excluding hydrogens is 1180 g/mol. The first-order valence-electron chi connectivity index (χ1n) is 28.7. The number of fused-ring (bicyclic) bond motifs is 5. The predicted molar refractivity (Wildman–Crippen MR) is 336 cm³/mol. The van der Waals surface area contributed by atoms with E-state index in [-0.39, 0.29) is 42.8 Å². The van der Waals surface area contributed by atoms with Crippen LogP contribution in [0.15, 0.2) is 168 Å². The third-order valence-corrected chi connectivity index (χ3v) is 15.3. The molecule has 0 unspecified atom stereocenters. The summed E-state index contributed by atoms with van der Waals surface area (Å²) in [5.41, 5.74) is 18.2. The monoisotopic (exact) mass is 1260 g/mol. The van der Waals surface area contributed by atoms with Crippen LogP contribution in [0.1, 0.15) is 155 Å². The van der Waals surface area contributed by atoms with Crippen LogP contribution < -0.4 is 0 Å². The van der Waals surface area contributed by atoms with Gasteiger partial charge in [-0.2, -0.15) is 0 Å². The van der Waals surface area contributed by atoms with Gasteiger partial charge in [0.05, 0.1) is 39.3 Å². The summed E-state index contributed by atoms with van der Waals surface area (Å²) in [5.74, 6) is 5.40. The van der Waals surface area contributed by atoms with Gasteiger partial charge in [0.2, 0.25) is 0 Å². The molecule has 0 N–H and O–H groups in total. The van der Waals surface area contributed by atoms with Crippen LogP contribution >= 0.6 is 0 Å². The normalized spacial score (nSPS) is 12.1. The van der Waals surface area contributed by atoms with Crippen molar-refractivity contribution in [2.24, 2.45) is 0 Å². The molecular formula is C73H73IrN7O-2. The first kappa shape index (κ1) is 57.4. The Kier molecular flexibility index (Phi) is 16.0. The van der Waals surface area contributed by atoms with Crippen LogP contribution in [0.5, 0.6) is 0 Å². The van der Waals surface area contributed by atoms with Crippen LogP contribution in [-0.4, -0.2) is 34.1 Å². The van der Waals surface area contributed by atoms with Crippen LogP contribution in [-0.2, 0) is 30.9 Å². The Bertz CT molecular complexity index is 4170. The number of aromatic nitrogens is 7. The van der Waals surface area contributed by atoms with Crippen molar-refractivity contribution in [2.75, 3.05) is 0 Å². The average Bonchev–Trinajstić information content (AvgIpc) is 2.65. The van der Waals surface area contributed by atoms with Gasteiger partial charge in [0, 0.05) is 53.3 Å². The second kappa shape index (κ2) is 22.8. The van der Waals surface area contributed by atoms with Crippen molar-refractivity contribution in [1.82, 2.24) is 34.1 Å². The predicted octanol–water partition coefficient (Wildman–Crippen LogP) is 19.5. The van der Waals surface area contributed by atoms with E-state index < -0.39 is 0 Å². The SMILES string of the molecule is CC(C)c1cc(-c2ccc(-c3nc(C(C)(C)C)nc(C(C)(C)C)n3)cc2)cc(C(C)C)c1-n1c(-c2[c-]ccc3c2oc2ccccc23)nc2ccccc21.CC(C)c1cccc(C(C)C)c1-n1c(-c2[c-]cccc2)nc2ccccc21.[Ir]. The van der Waals surface area contributed by atoms with Gasteiger partial charge in [-0.05, 0) is 99.5 Å². The molecule has 0 bridgehead atoms. The van der Waals surface area contributed by atoms with Gasteiger partial charge in [0.15, 0.2) is 5.82 Å². The second-order valence-corrected chi connectivity index (χ2v) is 24.8. The molecule has 0 aliphatic carbocycles. The molecule has 12 rings (SSSR count). The number of para-hydroxylation sites is 6. The fraction of sp³-hybridized carbons (Fsp3) is 0.274. The van der Waals surface area contributed by atoms with Gasteiger partial charge in [-0.3, -0.25) is 9.97 Å². The maximum Gasteiger partial charge on any atom is 0.163 e. The van der Waals surface area contributed by atoms with Crippen molar-refractivity contribution >= 4 is 44.0 Å². The average molecular weight is 1260 g/mol. The Morgan fingerprint density at radius 2 is 0.927 bits per heavy atom. The number of furan rings is 1. The molecule has 0 aliphatic rings. The number of hydrogen-bond donors (Lipinski definition) is 0. The molecule has 82 heavy (non-hydrogen) atoms. The summed E-state index contributed by atoms with van der Waals surface area (Å²) in [6.07, 6.45) is 0. The van der Waals surface area contributed by atoms with Gasteiger partial charge in [-0.15, -0.1) is 54.1 Å². The van der Waals surface area contributed by atoms with Crippen molar-refractivity contribution in [3.63, 3.8) is 0 Å². The van der Waals surface area contributed by atoms with Crippen LogP contribution in [0, 0.1) is 12.1 Å². The van der Waals surface area contributed by atoms with Gasteiger partial charge in [-0.1, -0.05) is 193 Å². The van der Waals surface area contributed by atoms with E-state index in [9.17, 15) is 0 Å². The summed E-state index contributed by atoms with van der Waals surface area (Å²) in [6.45, 7) is 31.1. The fourth-order valence-electron chi connectivity index (χ4n) is 11.0. The third-order valence-electron chi connectivity index (χ3n) is 15.3. The maximum absolute atomic E-state index is 6.55. The Labute approximate surface area is 497 Å². The first-order valence-corrected chi connectivity index (χ1v) is 28.7. The zero-order chi connectivity index (χ0) is 57.1. The molecule has 0 atom stereocenters. The molecule has 0 amide bonds. The Balaban J connectivity index is 0.000000225. The second-order valence-electron chi connectivity index (χ2n) is 24.8. The summed E-state index contributed by atoms with van der Waals surface area (Å²) >= 11 is 0. The number of benzene rings is 8. The van der Waals surface area contributed by atoms with Crippen LogP contribution in [0.25, 0.3) is 101 Å². The van der Waals surface area contributed by atoms with E-state index in [0.717, 1.165) is 89.6 Å². The summed E-state index contributed by atoms with van der Waals surface area (Å²) in [4.78, 5) is 25.1. The van der Waals surface area contributed by atoms with E-state index >= 15 is 0 Å². The number of rotatable bonds is 10. The summed E-state index contributed by atoms with van der Waals surface area (Å²) in [5, 5.41) is 2.15. The largest absolute Gasteiger partial charge is 0.501 e. The maximum atomic E-state index is 6.55. The number of hydrogen-bond acceptors (Lipinski definition) is 6. The molecule has 0 aliphatic heterocycles. The zero-order valence-electron chi connectivity index (χ0n) is 49.8. The van der Waals surface area contributed by atoms with Crippen LogP contribution in [0.3, 0.4) is 0 Å². The first-order chi connectivity index (χ1) is 38.8. The molecule has 12 aromatic rings. The van der Waals surface area contributed by atoms with E-state index in [0.29, 0.717) is 17.7 Å². The molecule has 0 spiro atoms. The van der Waals surface area contributed by atoms with Crippen LogP contribution in [0.4, 0.5) is 0 Å². The molecule has 4 heterocycles. The molecule has 8 nitrogen and oxygen atoms in total. The minimum atomic E-state index is -0.198. The topological polar surface area (TPSA) is 87.5 Å². The van der Waals surface area contributed by atoms with Gasteiger partial charge in [0.25, 0.3) is 0 Å². The van der Waals surface area contributed by atoms with Crippen molar-refractivity contribution in [3.05, 3.63) is 210 Å². The van der Waals surface area contributed by atoms with Crippen molar-refractivity contribution in [1.29, 1.82) is 0 Å². The van der Waals surface area contributed by atoms with E-state index in [1.54, 1.807) is 0 Å². The fourth-order valence-corrected chi connectivity index (χ4v) is 11.0. The molecule has 417 valence electrons. The van der Waals surface area contributed by atoms with E-state index in [1.807, 2.05) is 36.4 Å². The molecule has 0 fully saturated rings. The Morgan fingerprint density at radius 3 is 1.48 bits per heavy atom. The summed E-state index contributed by atoms with van der Waals surface area (Å²) in [6, 6.07) is 64.2. The van der Waals surface area contributed by atoms with Gasteiger partial charge in [0.1, 0.15) is 17.2 Å². The van der Waals surface area contributed by atoms with Gasteiger partial charge >= 0.3 is 0 Å². The van der Waals surface area contributed by atoms with E-state index in [4.69, 9.17) is 29.3 Å². The van der Waals surface area contributed by atoms with Gasteiger partial charge in [-0.25, -0.2) is 15.0 Å². The summed E-state index contributed by atoms with van der Waals surface area (Å²) < 4.78 is 11.2. The van der Waals surface area contributed by atoms with Crippen LogP contribution in [0.2, 0.25) is 0 Å². The standard InChI is InChI=1S/C48H48N5O.C25H25N2.Ir/c1-28(2)36-26-32(30-22-24-31(25-23-30)43-50-45(47(5,6)7)52-46(51-43)48(8,9)10)27-37(29(3)4)41(36)53-39-20-13-12-19-38(39)49-44(53)35-18-15-17-34-33-16-11-14-21-40(33)54-42(34)35;1-17(2)20-13-10-14-21(18(3)4)24(20)27-23-16-9-8-15-22(23)26-25(27)19-11-6-5-7-12-19;/h11-17,19-29H,1-10H3;5-11,13-18H,1-4H3;/q2*-1;. The molecule has 8 aromatic carbocycles. The minimum absolute atomic E-state index is 0. The molecule has 1 radical (unpaired) electrons. The van der Waals surface area contributed by atoms with Crippen molar-refractivity contribution in [3.8, 4) is 56.7 Å². The van der Waals surface area contributed by atoms with E-state index in [1.165, 1.54) is 39.2 Å². The Morgan fingerprint density at radius 1 is 0.427 bits per heavy atom. The molecule has 0 saturated carbocycles.